The van der Waals surface area contributed by atoms with Crippen molar-refractivity contribution in [3.05, 3.63) is 53.7 Å². The lowest BCUT2D eigenvalue weighted by atomic mass is 10.1. The highest BCUT2D eigenvalue weighted by Gasteiger charge is 2.13. The van der Waals surface area contributed by atoms with E-state index >= 15 is 0 Å². The Labute approximate surface area is 166 Å². The first-order valence-electron chi connectivity index (χ1n) is 9.94. The van der Waals surface area contributed by atoms with Crippen LogP contribution in [0.4, 0.5) is 0 Å². The molecule has 0 aliphatic carbocycles. The van der Waals surface area contributed by atoms with Gasteiger partial charge in [0.05, 0.1) is 20.8 Å². The minimum absolute atomic E-state index is 0.663. The molecule has 146 valence electrons. The molecule has 0 atom stereocenters. The summed E-state index contributed by atoms with van der Waals surface area (Å²) in [4.78, 5) is 0. The molecule has 0 saturated heterocycles. The number of hydrogen-bond acceptors (Lipinski definition) is 3. The van der Waals surface area contributed by atoms with E-state index in [1.807, 2.05) is 12.1 Å². The zero-order valence-electron chi connectivity index (χ0n) is 16.6. The summed E-state index contributed by atoms with van der Waals surface area (Å²) in [5, 5.41) is 1.28. The predicted molar refractivity (Wildman–Crippen MR) is 114 cm³/mol. The standard InChI is InChI=1S/C24H27NO3/c1-26-22-16-19-8-7-18-9-10-21-20(15-18)11-13-25(21)12-5-3-4-6-14-28-24(22)23(17-19)27-2/h7-11,13,15-17H,3-6,12,14H2,1-2H3/b8-7-. The van der Waals surface area contributed by atoms with Gasteiger partial charge in [0.15, 0.2) is 11.5 Å². The lowest BCUT2D eigenvalue weighted by molar-refractivity contribution is 0.267. The summed E-state index contributed by atoms with van der Waals surface area (Å²) in [6, 6.07) is 12.8. The first-order valence-corrected chi connectivity index (χ1v) is 9.94. The van der Waals surface area contributed by atoms with Crippen LogP contribution in [0.25, 0.3) is 23.1 Å². The Bertz CT molecular complexity index is 962. The van der Waals surface area contributed by atoms with E-state index in [0.29, 0.717) is 23.9 Å². The maximum atomic E-state index is 6.02. The molecule has 1 aromatic heterocycles. The molecular weight excluding hydrogens is 350 g/mol. The molecule has 2 aromatic carbocycles. The minimum atomic E-state index is 0.663. The molecule has 3 aromatic rings. The number of rotatable bonds is 2. The first kappa shape index (κ1) is 18.5. The van der Waals surface area contributed by atoms with E-state index in [0.717, 1.165) is 24.9 Å². The van der Waals surface area contributed by atoms with Crippen molar-refractivity contribution in [2.24, 2.45) is 0 Å². The van der Waals surface area contributed by atoms with E-state index in [2.05, 4.69) is 47.2 Å². The summed E-state index contributed by atoms with van der Waals surface area (Å²) < 4.78 is 19.5. The summed E-state index contributed by atoms with van der Waals surface area (Å²) in [6.07, 6.45) is 10.9. The third kappa shape index (κ3) is 3.86. The van der Waals surface area contributed by atoms with Gasteiger partial charge in [0, 0.05) is 23.6 Å². The molecule has 4 aliphatic heterocycles. The molecule has 4 aliphatic rings. The average Bonchev–Trinajstić information content (AvgIpc) is 3.13. The Morgan fingerprint density at radius 1 is 0.821 bits per heavy atom. The minimum Gasteiger partial charge on any atom is -0.493 e. The van der Waals surface area contributed by atoms with Gasteiger partial charge in [0.25, 0.3) is 0 Å². The number of aryl methyl sites for hydroxylation is 1. The molecule has 6 bridgehead atoms. The van der Waals surface area contributed by atoms with Crippen LogP contribution in [0.1, 0.15) is 36.8 Å². The van der Waals surface area contributed by atoms with Crippen molar-refractivity contribution in [2.75, 3.05) is 20.8 Å². The zero-order valence-corrected chi connectivity index (χ0v) is 16.6. The fourth-order valence-electron chi connectivity index (χ4n) is 3.76. The van der Waals surface area contributed by atoms with E-state index in [1.54, 1.807) is 14.2 Å². The summed E-state index contributed by atoms with van der Waals surface area (Å²) in [6.45, 7) is 1.72. The second kappa shape index (κ2) is 8.42. The smallest absolute Gasteiger partial charge is 0.203 e. The van der Waals surface area contributed by atoms with Gasteiger partial charge in [-0.1, -0.05) is 31.1 Å². The molecule has 5 heterocycles. The molecular formula is C24H27NO3. The molecule has 4 nitrogen and oxygen atoms in total. The van der Waals surface area contributed by atoms with Gasteiger partial charge in [-0.05, 0) is 54.3 Å². The SMILES string of the molecule is COc1cc2cc(OC)c1OCCCCCCn1ccc3cc(ccc31)/C=C\2. The van der Waals surface area contributed by atoms with Gasteiger partial charge in [-0.25, -0.2) is 0 Å². The maximum Gasteiger partial charge on any atom is 0.203 e. The van der Waals surface area contributed by atoms with Gasteiger partial charge in [0.2, 0.25) is 5.75 Å². The molecule has 0 fully saturated rings. The quantitative estimate of drug-likeness (QED) is 0.567. The van der Waals surface area contributed by atoms with Crippen LogP contribution in [0.15, 0.2) is 42.6 Å². The summed E-state index contributed by atoms with van der Waals surface area (Å²) in [7, 11) is 3.33. The van der Waals surface area contributed by atoms with Gasteiger partial charge in [-0.2, -0.15) is 0 Å². The number of methoxy groups -OCH3 is 2. The van der Waals surface area contributed by atoms with Crippen LogP contribution in [0.3, 0.4) is 0 Å². The highest BCUT2D eigenvalue weighted by molar-refractivity contribution is 5.84. The lowest BCUT2D eigenvalue weighted by Crippen LogP contribution is -2.02. The normalized spacial score (nSPS) is 15.9. The fourth-order valence-corrected chi connectivity index (χ4v) is 3.76. The summed E-state index contributed by atoms with van der Waals surface area (Å²) in [5.41, 5.74) is 3.48. The Balaban J connectivity index is 1.74. The van der Waals surface area contributed by atoms with Crippen LogP contribution in [-0.4, -0.2) is 25.4 Å². The van der Waals surface area contributed by atoms with Crippen molar-refractivity contribution >= 4 is 23.1 Å². The maximum absolute atomic E-state index is 6.02. The Morgan fingerprint density at radius 2 is 1.57 bits per heavy atom. The monoisotopic (exact) mass is 377 g/mol. The number of nitrogens with zero attached hydrogens (tertiary/aromatic N) is 1. The second-order valence-electron chi connectivity index (χ2n) is 7.18. The third-order valence-electron chi connectivity index (χ3n) is 5.29. The van der Waals surface area contributed by atoms with Crippen molar-refractivity contribution < 1.29 is 14.2 Å². The van der Waals surface area contributed by atoms with Crippen molar-refractivity contribution in [3.8, 4) is 17.2 Å². The molecule has 0 unspecified atom stereocenters. The van der Waals surface area contributed by atoms with E-state index in [-0.39, 0.29) is 0 Å². The third-order valence-corrected chi connectivity index (χ3v) is 5.29. The molecule has 0 spiro atoms. The molecule has 0 radical (unpaired) electrons. The Kier molecular flexibility index (Phi) is 5.56. The number of ether oxygens (including phenoxy) is 3. The van der Waals surface area contributed by atoms with E-state index in [4.69, 9.17) is 14.2 Å². The molecule has 0 amide bonds. The second-order valence-corrected chi connectivity index (χ2v) is 7.18. The number of benzene rings is 2. The summed E-state index contributed by atoms with van der Waals surface area (Å²) in [5.74, 6) is 2.09. The average molecular weight is 377 g/mol. The van der Waals surface area contributed by atoms with E-state index in [9.17, 15) is 0 Å². The largest absolute Gasteiger partial charge is 0.493 e. The molecule has 4 heteroatoms. The Morgan fingerprint density at radius 3 is 2.36 bits per heavy atom. The van der Waals surface area contributed by atoms with Crippen LogP contribution < -0.4 is 14.2 Å². The van der Waals surface area contributed by atoms with Crippen molar-refractivity contribution in [1.29, 1.82) is 0 Å². The molecule has 28 heavy (non-hydrogen) atoms. The molecule has 0 N–H and O–H groups in total. The van der Waals surface area contributed by atoms with Gasteiger partial charge in [-0.15, -0.1) is 0 Å². The number of aromatic nitrogens is 1. The van der Waals surface area contributed by atoms with Gasteiger partial charge < -0.3 is 18.8 Å². The van der Waals surface area contributed by atoms with Crippen molar-refractivity contribution in [2.45, 2.75) is 32.2 Å². The predicted octanol–water partition coefficient (Wildman–Crippen LogP) is 5.78. The molecule has 7 rings (SSSR count). The van der Waals surface area contributed by atoms with Crippen LogP contribution in [0, 0.1) is 0 Å². The fraction of sp³-hybridized carbons (Fsp3) is 0.333. The first-order chi connectivity index (χ1) is 13.8. The molecule has 0 saturated carbocycles. The highest BCUT2D eigenvalue weighted by Crippen LogP contribution is 2.39. The van der Waals surface area contributed by atoms with Gasteiger partial charge in [-0.3, -0.25) is 0 Å². The zero-order chi connectivity index (χ0) is 19.3. The van der Waals surface area contributed by atoms with Crippen LogP contribution in [0.2, 0.25) is 0 Å². The topological polar surface area (TPSA) is 32.6 Å². The van der Waals surface area contributed by atoms with Crippen molar-refractivity contribution in [3.63, 3.8) is 0 Å². The summed E-state index contributed by atoms with van der Waals surface area (Å²) >= 11 is 0. The van der Waals surface area contributed by atoms with E-state index in [1.165, 1.54) is 29.3 Å². The highest BCUT2D eigenvalue weighted by atomic mass is 16.5. The Hall–Kier alpha value is -2.88. The number of hydrogen-bond donors (Lipinski definition) is 0. The van der Waals surface area contributed by atoms with Gasteiger partial charge in [0.1, 0.15) is 0 Å². The van der Waals surface area contributed by atoms with Crippen molar-refractivity contribution in [1.82, 2.24) is 4.57 Å². The van der Waals surface area contributed by atoms with Gasteiger partial charge >= 0.3 is 0 Å². The lowest BCUT2D eigenvalue weighted by Gasteiger charge is -2.15. The van der Waals surface area contributed by atoms with Crippen LogP contribution in [-0.2, 0) is 6.54 Å². The van der Waals surface area contributed by atoms with E-state index < -0.39 is 0 Å². The van der Waals surface area contributed by atoms with Crippen LogP contribution in [0.5, 0.6) is 17.2 Å². The van der Waals surface area contributed by atoms with Crippen LogP contribution >= 0.6 is 0 Å².